The number of amides is 2. The van der Waals surface area contributed by atoms with Crippen molar-refractivity contribution in [2.45, 2.75) is 32.2 Å². The van der Waals surface area contributed by atoms with Crippen LogP contribution < -0.4 is 10.6 Å². The van der Waals surface area contributed by atoms with Crippen LogP contribution in [0.5, 0.6) is 0 Å². The molecule has 1 aliphatic rings. The number of carbonyl (C=O) groups is 3. The summed E-state index contributed by atoms with van der Waals surface area (Å²) in [6.45, 7) is 4.13. The van der Waals surface area contributed by atoms with Crippen molar-refractivity contribution < 1.29 is 24.2 Å². The smallest absolute Gasteiger partial charge is 0.407 e. The highest BCUT2D eigenvalue weighted by Gasteiger charge is 2.29. The van der Waals surface area contributed by atoms with E-state index >= 15 is 0 Å². The van der Waals surface area contributed by atoms with Crippen LogP contribution in [0, 0.1) is 5.92 Å². The maximum Gasteiger partial charge on any atom is 0.407 e. The second-order valence-electron chi connectivity index (χ2n) is 8.07. The van der Waals surface area contributed by atoms with E-state index in [4.69, 9.17) is 9.84 Å². The largest absolute Gasteiger partial charge is 0.478 e. The number of ether oxygens (including phenoxy) is 1. The number of hydrogen-bond acceptors (Lipinski definition) is 4. The van der Waals surface area contributed by atoms with E-state index in [1.165, 1.54) is 6.08 Å². The van der Waals surface area contributed by atoms with Crippen LogP contribution in [0.15, 0.2) is 60.7 Å². The SMILES string of the molecule is CC(C)[C@H](CC(=O)NC/C=C/C(=O)O)NC(=O)OCC1c2ccccc2-c2ccccc21. The predicted octanol–water partition coefficient (Wildman–Crippen LogP) is 3.70. The van der Waals surface area contributed by atoms with Crippen LogP contribution in [0.25, 0.3) is 11.1 Å². The van der Waals surface area contributed by atoms with Gasteiger partial charge in [0.15, 0.2) is 0 Å². The number of hydrogen-bond donors (Lipinski definition) is 3. The van der Waals surface area contributed by atoms with Crippen molar-refractivity contribution in [1.82, 2.24) is 10.6 Å². The minimum atomic E-state index is -1.07. The number of nitrogens with one attached hydrogen (secondary N) is 2. The summed E-state index contributed by atoms with van der Waals surface area (Å²) < 4.78 is 5.57. The molecule has 2 aromatic rings. The summed E-state index contributed by atoms with van der Waals surface area (Å²) in [6.07, 6.45) is 1.82. The summed E-state index contributed by atoms with van der Waals surface area (Å²) in [5, 5.41) is 14.0. The quantitative estimate of drug-likeness (QED) is 0.520. The molecule has 0 saturated carbocycles. The molecule has 7 nitrogen and oxygen atoms in total. The molecular weight excluding hydrogens is 408 g/mol. The van der Waals surface area contributed by atoms with Gasteiger partial charge in [-0.15, -0.1) is 0 Å². The Morgan fingerprint density at radius 1 is 1.03 bits per heavy atom. The van der Waals surface area contributed by atoms with Gasteiger partial charge in [-0.1, -0.05) is 68.5 Å². The van der Waals surface area contributed by atoms with E-state index in [9.17, 15) is 14.4 Å². The molecule has 0 aliphatic heterocycles. The van der Waals surface area contributed by atoms with Crippen LogP contribution in [0.3, 0.4) is 0 Å². The lowest BCUT2D eigenvalue weighted by Crippen LogP contribution is -2.42. The summed E-state index contributed by atoms with van der Waals surface area (Å²) in [7, 11) is 0. The molecule has 0 radical (unpaired) electrons. The van der Waals surface area contributed by atoms with Gasteiger partial charge in [-0.2, -0.15) is 0 Å². The van der Waals surface area contributed by atoms with Gasteiger partial charge in [0.2, 0.25) is 5.91 Å². The number of carbonyl (C=O) groups excluding carboxylic acids is 2. The fourth-order valence-electron chi connectivity index (χ4n) is 3.85. The topological polar surface area (TPSA) is 105 Å². The molecule has 168 valence electrons. The standard InChI is InChI=1S/C25H28N2O5/c1-16(2)22(14-23(28)26-13-7-12-24(29)30)27-25(31)32-15-21-19-10-5-3-8-17(19)18-9-4-6-11-20(18)21/h3-12,16,21-22H,13-15H2,1-2H3,(H,26,28)(H,27,31)(H,29,30)/b12-7+/t22-/m0/s1. The Morgan fingerprint density at radius 3 is 2.19 bits per heavy atom. The van der Waals surface area contributed by atoms with Crippen LogP contribution in [0.4, 0.5) is 4.79 Å². The van der Waals surface area contributed by atoms with Crippen molar-refractivity contribution in [2.75, 3.05) is 13.2 Å². The van der Waals surface area contributed by atoms with Gasteiger partial charge in [0.25, 0.3) is 0 Å². The molecule has 0 aromatic heterocycles. The van der Waals surface area contributed by atoms with Gasteiger partial charge in [-0.25, -0.2) is 9.59 Å². The second kappa shape index (κ2) is 10.6. The van der Waals surface area contributed by atoms with Gasteiger partial charge < -0.3 is 20.5 Å². The number of aliphatic carboxylic acids is 1. The van der Waals surface area contributed by atoms with Crippen LogP contribution in [0.2, 0.25) is 0 Å². The van der Waals surface area contributed by atoms with Crippen LogP contribution >= 0.6 is 0 Å². The Bertz CT molecular complexity index is 969. The summed E-state index contributed by atoms with van der Waals surface area (Å²) in [6, 6.07) is 15.8. The molecule has 7 heteroatoms. The zero-order chi connectivity index (χ0) is 23.1. The maximum atomic E-state index is 12.5. The Kier molecular flexibility index (Phi) is 7.65. The highest BCUT2D eigenvalue weighted by Crippen LogP contribution is 2.44. The van der Waals surface area contributed by atoms with Gasteiger partial charge in [0.1, 0.15) is 6.61 Å². The van der Waals surface area contributed by atoms with E-state index in [0.717, 1.165) is 28.3 Å². The second-order valence-corrected chi connectivity index (χ2v) is 8.07. The molecule has 1 atom stereocenters. The third-order valence-electron chi connectivity index (χ3n) is 5.53. The van der Waals surface area contributed by atoms with Crippen molar-refractivity contribution >= 4 is 18.0 Å². The van der Waals surface area contributed by atoms with E-state index in [2.05, 4.69) is 34.9 Å². The third-order valence-corrected chi connectivity index (χ3v) is 5.53. The molecule has 0 saturated heterocycles. The van der Waals surface area contributed by atoms with E-state index in [1.807, 2.05) is 38.1 Å². The number of benzene rings is 2. The molecule has 0 bridgehead atoms. The molecule has 3 N–H and O–H groups in total. The van der Waals surface area contributed by atoms with Crippen molar-refractivity contribution in [3.05, 3.63) is 71.8 Å². The lowest BCUT2D eigenvalue weighted by molar-refractivity contribution is -0.131. The van der Waals surface area contributed by atoms with Gasteiger partial charge in [0, 0.05) is 31.0 Å². The highest BCUT2D eigenvalue weighted by atomic mass is 16.5. The monoisotopic (exact) mass is 436 g/mol. The molecule has 3 rings (SSSR count). The Morgan fingerprint density at radius 2 is 1.62 bits per heavy atom. The fourth-order valence-corrected chi connectivity index (χ4v) is 3.85. The lowest BCUT2D eigenvalue weighted by atomic mass is 9.98. The van der Waals surface area contributed by atoms with Gasteiger partial charge >= 0.3 is 12.1 Å². The molecule has 2 aromatic carbocycles. The van der Waals surface area contributed by atoms with Gasteiger partial charge in [-0.3, -0.25) is 4.79 Å². The summed E-state index contributed by atoms with van der Waals surface area (Å²) in [5.41, 5.74) is 4.59. The molecule has 32 heavy (non-hydrogen) atoms. The Labute approximate surface area is 187 Å². The third kappa shape index (κ3) is 5.75. The lowest BCUT2D eigenvalue weighted by Gasteiger charge is -2.22. The number of alkyl carbamates (subject to hydrolysis) is 1. The summed E-state index contributed by atoms with van der Waals surface area (Å²) >= 11 is 0. The van der Waals surface area contributed by atoms with E-state index in [0.29, 0.717) is 0 Å². The van der Waals surface area contributed by atoms with E-state index in [1.54, 1.807) is 0 Å². The molecule has 1 aliphatic carbocycles. The average Bonchev–Trinajstić information content (AvgIpc) is 3.08. The molecule has 0 unspecified atom stereocenters. The normalized spacial score (nSPS) is 13.5. The van der Waals surface area contributed by atoms with Crippen molar-refractivity contribution in [3.63, 3.8) is 0 Å². The summed E-state index contributed by atoms with van der Waals surface area (Å²) in [4.78, 5) is 35.1. The average molecular weight is 437 g/mol. The fraction of sp³-hybridized carbons (Fsp3) is 0.320. The van der Waals surface area contributed by atoms with Crippen LogP contribution in [0.1, 0.15) is 37.3 Å². The zero-order valence-electron chi connectivity index (χ0n) is 18.2. The van der Waals surface area contributed by atoms with Crippen LogP contribution in [-0.2, 0) is 14.3 Å². The minimum Gasteiger partial charge on any atom is -0.478 e. The van der Waals surface area contributed by atoms with Crippen molar-refractivity contribution in [2.24, 2.45) is 5.92 Å². The van der Waals surface area contributed by atoms with Crippen LogP contribution in [-0.4, -0.2) is 42.3 Å². The number of rotatable bonds is 9. The van der Waals surface area contributed by atoms with Crippen molar-refractivity contribution in [3.8, 4) is 11.1 Å². The predicted molar refractivity (Wildman–Crippen MR) is 121 cm³/mol. The first-order valence-corrected chi connectivity index (χ1v) is 10.6. The zero-order valence-corrected chi connectivity index (χ0v) is 18.2. The first-order chi connectivity index (χ1) is 15.4. The minimum absolute atomic E-state index is 0.00999. The van der Waals surface area contributed by atoms with Gasteiger partial charge in [0.05, 0.1) is 0 Å². The van der Waals surface area contributed by atoms with E-state index < -0.39 is 18.1 Å². The molecular formula is C25H28N2O5. The van der Waals surface area contributed by atoms with Gasteiger partial charge in [-0.05, 0) is 28.2 Å². The molecule has 0 spiro atoms. The number of carboxylic acid groups (broad SMARTS) is 1. The number of fused-ring (bicyclic) bond motifs is 3. The molecule has 2 amide bonds. The summed E-state index contributed by atoms with van der Waals surface area (Å²) in [5.74, 6) is -1.38. The molecule has 0 fully saturated rings. The first kappa shape index (κ1) is 23.1. The maximum absolute atomic E-state index is 12.5. The highest BCUT2D eigenvalue weighted by molar-refractivity contribution is 5.81. The molecule has 0 heterocycles. The van der Waals surface area contributed by atoms with Crippen molar-refractivity contribution in [1.29, 1.82) is 0 Å². The Hall–Kier alpha value is -3.61. The number of carboxylic acids is 1. The van der Waals surface area contributed by atoms with E-state index in [-0.39, 0.29) is 37.3 Å². The Balaban J connectivity index is 1.56. The first-order valence-electron chi connectivity index (χ1n) is 10.6.